The molecule has 2 aliphatic rings. The first-order valence-corrected chi connectivity index (χ1v) is 8.22. The second kappa shape index (κ2) is 5.78. The Morgan fingerprint density at radius 1 is 1.12 bits per heavy atom. The Bertz CT molecular complexity index is 766. The van der Waals surface area contributed by atoms with Crippen molar-refractivity contribution in [2.75, 3.05) is 0 Å². The van der Waals surface area contributed by atoms with Gasteiger partial charge in [-0.3, -0.25) is 4.79 Å². The molecule has 2 heterocycles. The number of hydrogen-bond acceptors (Lipinski definition) is 4. The molecular formula is C18H18N2O4. The topological polar surface area (TPSA) is 83.6 Å². The van der Waals surface area contributed by atoms with Crippen LogP contribution in [0.3, 0.4) is 0 Å². The van der Waals surface area contributed by atoms with Crippen LogP contribution in [0.15, 0.2) is 40.9 Å². The fourth-order valence-corrected chi connectivity index (χ4v) is 3.43. The lowest BCUT2D eigenvalue weighted by Gasteiger charge is -2.27. The zero-order valence-electron chi connectivity index (χ0n) is 13.1. The molecular weight excluding hydrogens is 308 g/mol. The Morgan fingerprint density at radius 2 is 1.88 bits per heavy atom. The van der Waals surface area contributed by atoms with E-state index in [2.05, 4.69) is 5.16 Å². The van der Waals surface area contributed by atoms with Gasteiger partial charge < -0.3 is 14.5 Å². The van der Waals surface area contributed by atoms with E-state index in [9.17, 15) is 14.7 Å². The van der Waals surface area contributed by atoms with Crippen LogP contribution in [0.25, 0.3) is 0 Å². The number of aliphatic carboxylic acids is 1. The van der Waals surface area contributed by atoms with Crippen LogP contribution in [0.2, 0.25) is 0 Å². The molecule has 1 N–H and O–H groups in total. The Labute approximate surface area is 139 Å². The third kappa shape index (κ3) is 2.58. The minimum atomic E-state index is -0.983. The van der Waals surface area contributed by atoms with Gasteiger partial charge in [0.2, 0.25) is 5.76 Å². The lowest BCUT2D eigenvalue weighted by atomic mass is 10.0. The lowest BCUT2D eigenvalue weighted by molar-refractivity contribution is -0.141. The Kier molecular flexibility index (Phi) is 3.59. The van der Waals surface area contributed by atoms with Crippen LogP contribution in [0.5, 0.6) is 0 Å². The number of amides is 1. The number of rotatable bonds is 4. The summed E-state index contributed by atoms with van der Waals surface area (Å²) in [6.07, 6.45) is 3.18. The number of benzene rings is 1. The number of hydrogen-bond donors (Lipinski definition) is 1. The molecule has 124 valence electrons. The molecule has 6 nitrogen and oxygen atoms in total. The summed E-state index contributed by atoms with van der Waals surface area (Å²) in [4.78, 5) is 26.0. The number of carboxylic acids is 1. The summed E-state index contributed by atoms with van der Waals surface area (Å²) >= 11 is 0. The van der Waals surface area contributed by atoms with Crippen molar-refractivity contribution in [2.24, 2.45) is 0 Å². The number of carbonyl (C=O) groups is 2. The van der Waals surface area contributed by atoms with E-state index in [4.69, 9.17) is 4.52 Å². The fraction of sp³-hybridized carbons (Fsp3) is 0.389. The second-order valence-electron chi connectivity index (χ2n) is 6.46. The van der Waals surface area contributed by atoms with Gasteiger partial charge in [0.05, 0.1) is 11.7 Å². The highest BCUT2D eigenvalue weighted by Gasteiger charge is 2.43. The summed E-state index contributed by atoms with van der Waals surface area (Å²) < 4.78 is 5.22. The zero-order chi connectivity index (χ0) is 16.7. The molecule has 4 rings (SSSR count). The molecule has 0 spiro atoms. The normalized spacial score (nSPS) is 23.4. The predicted octanol–water partition coefficient (Wildman–Crippen LogP) is 2.98. The molecule has 6 heteroatoms. The van der Waals surface area contributed by atoms with Gasteiger partial charge in [-0.05, 0) is 31.2 Å². The van der Waals surface area contributed by atoms with Gasteiger partial charge in [0.15, 0.2) is 0 Å². The number of nitrogens with zero attached hydrogens (tertiary/aromatic N) is 2. The van der Waals surface area contributed by atoms with Crippen molar-refractivity contribution in [3.8, 4) is 0 Å². The van der Waals surface area contributed by atoms with E-state index < -0.39 is 17.9 Å². The second-order valence-corrected chi connectivity index (χ2v) is 6.46. The molecule has 2 atom stereocenters. The van der Waals surface area contributed by atoms with E-state index in [-0.39, 0.29) is 11.8 Å². The van der Waals surface area contributed by atoms with Gasteiger partial charge in [-0.15, -0.1) is 0 Å². The maximum atomic E-state index is 12.9. The molecule has 1 saturated carbocycles. The summed E-state index contributed by atoms with van der Waals surface area (Å²) in [5.74, 6) is -0.864. The van der Waals surface area contributed by atoms with E-state index in [1.807, 2.05) is 30.3 Å². The Balaban J connectivity index is 1.66. The van der Waals surface area contributed by atoms with Gasteiger partial charge in [-0.1, -0.05) is 35.5 Å². The van der Waals surface area contributed by atoms with Crippen LogP contribution >= 0.6 is 0 Å². The molecule has 1 amide bonds. The van der Waals surface area contributed by atoms with Crippen LogP contribution in [0.1, 0.15) is 59.5 Å². The van der Waals surface area contributed by atoms with Gasteiger partial charge in [0, 0.05) is 12.0 Å². The van der Waals surface area contributed by atoms with Crippen molar-refractivity contribution >= 4 is 11.9 Å². The van der Waals surface area contributed by atoms with E-state index in [1.165, 1.54) is 4.90 Å². The molecule has 1 aromatic carbocycles. The minimum Gasteiger partial charge on any atom is -0.480 e. The molecule has 1 saturated heterocycles. The van der Waals surface area contributed by atoms with Crippen molar-refractivity contribution in [1.29, 1.82) is 0 Å². The summed E-state index contributed by atoms with van der Waals surface area (Å²) in [5, 5.41) is 13.5. The highest BCUT2D eigenvalue weighted by Crippen LogP contribution is 2.41. The Morgan fingerprint density at radius 3 is 2.54 bits per heavy atom. The van der Waals surface area contributed by atoms with E-state index in [0.29, 0.717) is 18.8 Å². The third-order valence-electron chi connectivity index (χ3n) is 4.82. The number of carbonyl (C=O) groups excluding carboxylic acids is 1. The highest BCUT2D eigenvalue weighted by molar-refractivity contribution is 5.95. The molecule has 1 aromatic heterocycles. The molecule has 1 aliphatic heterocycles. The largest absolute Gasteiger partial charge is 0.480 e. The summed E-state index contributed by atoms with van der Waals surface area (Å²) in [7, 11) is 0. The molecule has 2 aromatic rings. The van der Waals surface area contributed by atoms with Gasteiger partial charge >= 0.3 is 5.97 Å². The minimum absolute atomic E-state index is 0.131. The first-order chi connectivity index (χ1) is 11.6. The van der Waals surface area contributed by atoms with Crippen molar-refractivity contribution in [1.82, 2.24) is 10.1 Å². The third-order valence-corrected chi connectivity index (χ3v) is 4.82. The van der Waals surface area contributed by atoms with Gasteiger partial charge in [0.25, 0.3) is 5.91 Å². The highest BCUT2D eigenvalue weighted by atomic mass is 16.5. The maximum absolute atomic E-state index is 12.9. The molecule has 0 bridgehead atoms. The average molecular weight is 326 g/mol. The molecule has 24 heavy (non-hydrogen) atoms. The zero-order valence-corrected chi connectivity index (χ0v) is 13.1. The first kappa shape index (κ1) is 14.9. The van der Waals surface area contributed by atoms with Gasteiger partial charge in [-0.25, -0.2) is 4.79 Å². The quantitative estimate of drug-likeness (QED) is 0.934. The fourth-order valence-electron chi connectivity index (χ4n) is 3.43. The monoisotopic (exact) mass is 326 g/mol. The van der Waals surface area contributed by atoms with Gasteiger partial charge in [-0.2, -0.15) is 0 Å². The molecule has 1 unspecified atom stereocenters. The number of carboxylic acid groups (broad SMARTS) is 1. The van der Waals surface area contributed by atoms with Crippen LogP contribution in [-0.2, 0) is 4.79 Å². The van der Waals surface area contributed by atoms with Gasteiger partial charge in [0.1, 0.15) is 6.04 Å². The lowest BCUT2D eigenvalue weighted by Crippen LogP contribution is -2.41. The molecule has 2 fully saturated rings. The van der Waals surface area contributed by atoms with Crippen molar-refractivity contribution < 1.29 is 19.2 Å². The van der Waals surface area contributed by atoms with Crippen LogP contribution in [0, 0.1) is 0 Å². The summed E-state index contributed by atoms with van der Waals surface area (Å²) in [6.45, 7) is 0. The standard InChI is InChI=1S/C18H18N2O4/c21-17(16-10-13(19-24-16)11-6-7-11)20-14(8-9-15(20)18(22)23)12-4-2-1-3-5-12/h1-5,10-11,14-15H,6-9H2,(H,22,23)/t14-,15?/m0/s1. The summed E-state index contributed by atoms with van der Waals surface area (Å²) in [6, 6.07) is 10.1. The average Bonchev–Trinajstić information content (AvgIpc) is 3.16. The van der Waals surface area contributed by atoms with Crippen molar-refractivity contribution in [2.45, 2.75) is 43.7 Å². The maximum Gasteiger partial charge on any atom is 0.326 e. The predicted molar refractivity (Wildman–Crippen MR) is 84.5 cm³/mol. The number of aromatic nitrogens is 1. The SMILES string of the molecule is O=C(O)C1CC[C@@H](c2ccccc2)N1C(=O)c1cc(C2CC2)no1. The Hall–Kier alpha value is -2.63. The van der Waals surface area contributed by atoms with E-state index in [0.717, 1.165) is 24.1 Å². The summed E-state index contributed by atoms with van der Waals surface area (Å²) in [5.41, 5.74) is 1.73. The molecule has 1 aliphatic carbocycles. The van der Waals surface area contributed by atoms with Crippen molar-refractivity contribution in [3.05, 3.63) is 53.4 Å². The van der Waals surface area contributed by atoms with Crippen LogP contribution in [-0.4, -0.2) is 33.1 Å². The van der Waals surface area contributed by atoms with Crippen LogP contribution in [0.4, 0.5) is 0 Å². The first-order valence-electron chi connectivity index (χ1n) is 8.22. The van der Waals surface area contributed by atoms with E-state index >= 15 is 0 Å². The van der Waals surface area contributed by atoms with E-state index in [1.54, 1.807) is 6.07 Å². The smallest absolute Gasteiger partial charge is 0.326 e. The van der Waals surface area contributed by atoms with Crippen LogP contribution < -0.4 is 0 Å². The number of likely N-dealkylation sites (tertiary alicyclic amines) is 1. The van der Waals surface area contributed by atoms with Crippen molar-refractivity contribution in [3.63, 3.8) is 0 Å². The molecule has 0 radical (unpaired) electrons.